The van der Waals surface area contributed by atoms with Crippen LogP contribution in [-0.2, 0) is 14.3 Å². The Kier molecular flexibility index (Phi) is 4.12. The van der Waals surface area contributed by atoms with Crippen LogP contribution in [0.2, 0.25) is 0 Å². The maximum atomic E-state index is 12.0. The Labute approximate surface area is 128 Å². The van der Waals surface area contributed by atoms with E-state index in [-0.39, 0.29) is 6.29 Å². The van der Waals surface area contributed by atoms with Gasteiger partial charge in [-0.25, -0.2) is 9.59 Å². The van der Waals surface area contributed by atoms with Crippen molar-refractivity contribution < 1.29 is 28.9 Å². The minimum atomic E-state index is -1.35. The van der Waals surface area contributed by atoms with E-state index in [0.717, 1.165) is 0 Å². The molecule has 6 nitrogen and oxygen atoms in total. The summed E-state index contributed by atoms with van der Waals surface area (Å²) in [5.74, 6) is -1.14. The molecule has 1 unspecified atom stereocenters. The van der Waals surface area contributed by atoms with Gasteiger partial charge in [0.1, 0.15) is 11.2 Å². The van der Waals surface area contributed by atoms with E-state index in [1.807, 2.05) is 0 Å². The number of hydrogen-bond acceptors (Lipinski definition) is 5. The predicted octanol–water partition coefficient (Wildman–Crippen LogP) is 2.61. The summed E-state index contributed by atoms with van der Waals surface area (Å²) < 4.78 is 15.9. The smallest absolute Gasteiger partial charge is 0.346 e. The molecule has 118 valence electrons. The van der Waals surface area contributed by atoms with Gasteiger partial charge in [-0.3, -0.25) is 0 Å². The molecule has 0 aromatic heterocycles. The molecule has 0 aliphatic carbocycles. The highest BCUT2D eigenvalue weighted by Gasteiger charge is 2.25. The number of fused-ring (bicyclic) bond motifs is 1. The molecule has 0 bridgehead atoms. The molecule has 0 spiro atoms. The number of benzene rings is 1. The van der Waals surface area contributed by atoms with Crippen molar-refractivity contribution in [1.29, 1.82) is 0 Å². The van der Waals surface area contributed by atoms with Gasteiger partial charge in [0, 0.05) is 6.92 Å². The zero-order chi connectivity index (χ0) is 16.5. The topological polar surface area (TPSA) is 82.1 Å². The molecule has 0 amide bonds. The first-order valence-corrected chi connectivity index (χ1v) is 6.81. The first-order chi connectivity index (χ1) is 10.2. The molecule has 1 aromatic carbocycles. The predicted molar refractivity (Wildman–Crippen MR) is 78.6 cm³/mol. The maximum absolute atomic E-state index is 12.0. The zero-order valence-corrected chi connectivity index (χ0v) is 12.9. The summed E-state index contributed by atoms with van der Waals surface area (Å²) >= 11 is 0. The van der Waals surface area contributed by atoms with Crippen LogP contribution in [0, 0.1) is 0 Å². The van der Waals surface area contributed by atoms with Gasteiger partial charge in [0.05, 0.1) is 0 Å². The van der Waals surface area contributed by atoms with E-state index in [0.29, 0.717) is 17.1 Å². The molecular weight excluding hydrogens is 288 g/mol. The monoisotopic (exact) mass is 306 g/mol. The third-order valence-corrected chi connectivity index (χ3v) is 2.71. The second-order valence-electron chi connectivity index (χ2n) is 5.87. The van der Waals surface area contributed by atoms with Crippen LogP contribution < -0.4 is 9.47 Å². The van der Waals surface area contributed by atoms with Gasteiger partial charge in [0.2, 0.25) is 6.29 Å². The summed E-state index contributed by atoms with van der Waals surface area (Å²) in [4.78, 5) is 23.3. The number of carbonyl (C=O) groups excluding carboxylic acids is 1. The van der Waals surface area contributed by atoms with Crippen LogP contribution in [0.5, 0.6) is 11.5 Å². The van der Waals surface area contributed by atoms with Gasteiger partial charge in [0.15, 0.2) is 11.5 Å². The number of ether oxygens (including phenoxy) is 3. The summed E-state index contributed by atoms with van der Waals surface area (Å²) in [6, 6.07) is 4.93. The molecular formula is C16H18O6. The third kappa shape index (κ3) is 3.78. The van der Waals surface area contributed by atoms with E-state index < -0.39 is 23.1 Å². The molecule has 1 aromatic rings. The highest BCUT2D eigenvalue weighted by atomic mass is 16.7. The quantitative estimate of drug-likeness (QED) is 0.400. The summed E-state index contributed by atoms with van der Waals surface area (Å²) in [6.45, 7) is 6.77. The Morgan fingerprint density at radius 2 is 1.86 bits per heavy atom. The average molecular weight is 306 g/mol. The molecule has 0 radical (unpaired) electrons. The molecule has 0 saturated heterocycles. The fourth-order valence-corrected chi connectivity index (χ4v) is 1.89. The molecule has 0 fully saturated rings. The van der Waals surface area contributed by atoms with Crippen LogP contribution in [0.25, 0.3) is 6.08 Å². The van der Waals surface area contributed by atoms with Gasteiger partial charge in [0.25, 0.3) is 0 Å². The minimum absolute atomic E-state index is 0.390. The Bertz CT molecular complexity index is 639. The van der Waals surface area contributed by atoms with Crippen molar-refractivity contribution in [2.24, 2.45) is 0 Å². The number of hydrogen-bond donors (Lipinski definition) is 1. The van der Waals surface area contributed by atoms with Gasteiger partial charge >= 0.3 is 11.9 Å². The molecule has 6 heteroatoms. The van der Waals surface area contributed by atoms with Crippen LogP contribution in [0.4, 0.5) is 0 Å². The van der Waals surface area contributed by atoms with Crippen LogP contribution in [0.15, 0.2) is 23.8 Å². The number of carboxylic acids is 1. The van der Waals surface area contributed by atoms with Gasteiger partial charge < -0.3 is 19.3 Å². The Balaban J connectivity index is 2.30. The highest BCUT2D eigenvalue weighted by molar-refractivity contribution is 6.17. The van der Waals surface area contributed by atoms with Crippen LogP contribution in [-0.4, -0.2) is 28.9 Å². The fraction of sp³-hybridized carbons (Fsp3) is 0.375. The fourth-order valence-electron chi connectivity index (χ4n) is 1.89. The molecule has 1 heterocycles. The highest BCUT2D eigenvalue weighted by Crippen LogP contribution is 2.35. The zero-order valence-electron chi connectivity index (χ0n) is 12.9. The number of carboxylic acid groups (broad SMARTS) is 1. The lowest BCUT2D eigenvalue weighted by molar-refractivity contribution is -0.152. The number of carbonyl (C=O) groups is 2. The molecule has 1 atom stereocenters. The van der Waals surface area contributed by atoms with E-state index in [1.54, 1.807) is 45.9 Å². The first-order valence-electron chi connectivity index (χ1n) is 6.81. The first kappa shape index (κ1) is 15.9. The van der Waals surface area contributed by atoms with Crippen molar-refractivity contribution in [3.63, 3.8) is 0 Å². The van der Waals surface area contributed by atoms with Crippen LogP contribution >= 0.6 is 0 Å². The molecule has 1 N–H and O–H groups in total. The van der Waals surface area contributed by atoms with E-state index in [2.05, 4.69) is 0 Å². The van der Waals surface area contributed by atoms with Crippen molar-refractivity contribution in [3.8, 4) is 11.5 Å². The largest absolute Gasteiger partial charge is 0.477 e. The lowest BCUT2D eigenvalue weighted by atomic mass is 10.1. The van der Waals surface area contributed by atoms with Gasteiger partial charge in [-0.2, -0.15) is 0 Å². The summed E-state index contributed by atoms with van der Waals surface area (Å²) in [5.41, 5.74) is -0.697. The maximum Gasteiger partial charge on any atom is 0.346 e. The van der Waals surface area contributed by atoms with Gasteiger partial charge in [-0.1, -0.05) is 6.07 Å². The van der Waals surface area contributed by atoms with E-state index >= 15 is 0 Å². The van der Waals surface area contributed by atoms with Crippen molar-refractivity contribution in [3.05, 3.63) is 29.3 Å². The molecule has 22 heavy (non-hydrogen) atoms. The minimum Gasteiger partial charge on any atom is -0.477 e. The Hall–Kier alpha value is -2.50. The molecule has 1 aliphatic heterocycles. The summed E-state index contributed by atoms with van der Waals surface area (Å²) in [5, 5.41) is 9.21. The molecule has 2 rings (SSSR count). The molecule has 1 aliphatic rings. The van der Waals surface area contributed by atoms with Gasteiger partial charge in [-0.15, -0.1) is 0 Å². The normalized spacial score (nSPS) is 17.3. The Morgan fingerprint density at radius 3 is 2.45 bits per heavy atom. The lowest BCUT2D eigenvalue weighted by Crippen LogP contribution is -2.27. The second kappa shape index (κ2) is 5.71. The summed E-state index contributed by atoms with van der Waals surface area (Å²) in [6.07, 6.45) is 0.863. The summed E-state index contributed by atoms with van der Waals surface area (Å²) in [7, 11) is 0. The average Bonchev–Trinajstić information content (AvgIpc) is 2.72. The van der Waals surface area contributed by atoms with Crippen molar-refractivity contribution in [1.82, 2.24) is 0 Å². The SMILES string of the molecule is CC1Oc2ccc(/C=C(\C(=O)O)C(=O)OC(C)(C)C)cc2O1. The van der Waals surface area contributed by atoms with Crippen molar-refractivity contribution in [2.45, 2.75) is 39.6 Å². The van der Waals surface area contributed by atoms with Crippen molar-refractivity contribution in [2.75, 3.05) is 0 Å². The van der Waals surface area contributed by atoms with Gasteiger partial charge in [-0.05, 0) is 44.5 Å². The van der Waals surface area contributed by atoms with E-state index in [4.69, 9.17) is 14.2 Å². The Morgan fingerprint density at radius 1 is 1.23 bits per heavy atom. The lowest BCUT2D eigenvalue weighted by Gasteiger charge is -2.19. The molecule has 0 saturated carbocycles. The van der Waals surface area contributed by atoms with E-state index in [1.165, 1.54) is 6.08 Å². The van der Waals surface area contributed by atoms with E-state index in [9.17, 15) is 14.7 Å². The van der Waals surface area contributed by atoms with Crippen LogP contribution in [0.3, 0.4) is 0 Å². The third-order valence-electron chi connectivity index (χ3n) is 2.71. The standard InChI is InChI=1S/C16H18O6/c1-9-20-12-6-5-10(8-13(12)21-9)7-11(14(17)18)15(19)22-16(2,3)4/h5-9H,1-4H3,(H,17,18)/b11-7+. The second-order valence-corrected chi connectivity index (χ2v) is 5.87. The number of rotatable bonds is 3. The van der Waals surface area contributed by atoms with Crippen molar-refractivity contribution >= 4 is 18.0 Å². The van der Waals surface area contributed by atoms with Crippen LogP contribution in [0.1, 0.15) is 33.3 Å². The number of esters is 1. The number of aliphatic carboxylic acids is 1.